The summed E-state index contributed by atoms with van der Waals surface area (Å²) in [6, 6.07) is 9.21. The topological polar surface area (TPSA) is 52.9 Å². The highest BCUT2D eigenvalue weighted by Crippen LogP contribution is 2.39. The van der Waals surface area contributed by atoms with Crippen molar-refractivity contribution in [2.75, 3.05) is 11.6 Å². The summed E-state index contributed by atoms with van der Waals surface area (Å²) >= 11 is 9.20. The van der Waals surface area contributed by atoms with Gasteiger partial charge in [0.2, 0.25) is 5.78 Å². The lowest BCUT2D eigenvalue weighted by atomic mass is 9.97. The molecule has 1 aromatic carbocycles. The van der Waals surface area contributed by atoms with E-state index in [4.69, 9.17) is 11.6 Å². The van der Waals surface area contributed by atoms with E-state index in [0.29, 0.717) is 15.6 Å². The number of hydrogen-bond donors (Lipinski definition) is 1. The number of thiophene rings is 1. The molecule has 0 saturated carbocycles. The van der Waals surface area contributed by atoms with E-state index >= 15 is 0 Å². The minimum atomic E-state index is -0.237. The summed E-state index contributed by atoms with van der Waals surface area (Å²) in [7, 11) is 0. The van der Waals surface area contributed by atoms with Gasteiger partial charge in [0.15, 0.2) is 0 Å². The van der Waals surface area contributed by atoms with Crippen LogP contribution < -0.4 is 5.32 Å². The molecule has 0 fully saturated rings. The Bertz CT molecular complexity index is 922. The predicted octanol–water partition coefficient (Wildman–Crippen LogP) is 5.79. The molecule has 0 unspecified atom stereocenters. The number of para-hydroxylation sites is 1. The van der Waals surface area contributed by atoms with Gasteiger partial charge in [-0.15, -0.1) is 23.1 Å². The minimum Gasteiger partial charge on any atom is -0.359 e. The van der Waals surface area contributed by atoms with E-state index in [9.17, 15) is 10.1 Å². The van der Waals surface area contributed by atoms with Crippen LogP contribution in [-0.4, -0.2) is 12.0 Å². The number of nitrogens with zero attached hydrogens (tertiary/aromatic N) is 1. The summed E-state index contributed by atoms with van der Waals surface area (Å²) in [5.41, 5.74) is 2.92. The number of thioether (sulfide) groups is 1. The number of ketones is 1. The van der Waals surface area contributed by atoms with Gasteiger partial charge in [-0.1, -0.05) is 35.9 Å². The molecule has 1 aromatic heterocycles. The Hall–Kier alpha value is -2.00. The molecular weight excluding hydrogens is 372 g/mol. The zero-order valence-corrected chi connectivity index (χ0v) is 15.9. The first-order valence-electron chi connectivity index (χ1n) is 7.68. The number of carbonyl (C=O) groups is 1. The van der Waals surface area contributed by atoms with E-state index in [-0.39, 0.29) is 11.4 Å². The van der Waals surface area contributed by atoms with Crippen LogP contribution in [-0.2, 0) is 6.42 Å². The Balaban J connectivity index is 1.92. The molecule has 6 heteroatoms. The van der Waals surface area contributed by atoms with Gasteiger partial charge < -0.3 is 5.32 Å². The maximum atomic E-state index is 12.9. The van der Waals surface area contributed by atoms with Gasteiger partial charge in [-0.25, -0.2) is 0 Å². The van der Waals surface area contributed by atoms with Gasteiger partial charge >= 0.3 is 0 Å². The Kier molecular flexibility index (Phi) is 5.64. The molecule has 1 N–H and O–H groups in total. The van der Waals surface area contributed by atoms with Crippen LogP contribution >= 0.6 is 34.7 Å². The number of anilines is 1. The molecule has 0 radical (unpaired) electrons. The lowest BCUT2D eigenvalue weighted by molar-refractivity contribution is 0.104. The molecule has 0 bridgehead atoms. The van der Waals surface area contributed by atoms with Crippen LogP contribution in [0, 0.1) is 11.3 Å². The second kappa shape index (κ2) is 7.92. The standard InChI is InChI=1S/C19H15ClN2OS2/c1-24-19-14-7-3-2-6-13(14)18(25-19)17(23)12(10-21)11-22-16-9-5-4-8-15(16)20/h3-5,7-9,11,22H,2,6H2,1H3. The Morgan fingerprint density at radius 1 is 1.44 bits per heavy atom. The Morgan fingerprint density at radius 3 is 2.96 bits per heavy atom. The van der Waals surface area contributed by atoms with E-state index in [2.05, 4.69) is 17.5 Å². The van der Waals surface area contributed by atoms with E-state index in [1.807, 2.05) is 24.5 Å². The van der Waals surface area contributed by atoms with Gasteiger partial charge in [0.25, 0.3) is 0 Å². The summed E-state index contributed by atoms with van der Waals surface area (Å²) in [6.07, 6.45) is 9.40. The third-order valence-electron chi connectivity index (χ3n) is 3.86. The number of nitrogens with one attached hydrogen (secondary N) is 1. The maximum absolute atomic E-state index is 12.9. The first kappa shape index (κ1) is 17.8. The summed E-state index contributed by atoms with van der Waals surface area (Å²) in [4.78, 5) is 13.6. The van der Waals surface area contributed by atoms with E-state index in [0.717, 1.165) is 28.2 Å². The molecule has 126 valence electrons. The number of carbonyl (C=O) groups excluding carboxylic acids is 1. The normalized spacial score (nSPS) is 13.2. The van der Waals surface area contributed by atoms with Crippen molar-refractivity contribution < 1.29 is 4.79 Å². The fourth-order valence-electron chi connectivity index (χ4n) is 2.63. The molecule has 0 amide bonds. The van der Waals surface area contributed by atoms with Crippen molar-refractivity contribution in [1.82, 2.24) is 0 Å². The third-order valence-corrected chi connectivity index (χ3v) is 6.57. The number of Topliss-reactive ketones (excluding diaryl/α,β-unsaturated/α-hetero) is 1. The molecule has 1 heterocycles. The minimum absolute atomic E-state index is 0.0752. The van der Waals surface area contributed by atoms with Crippen LogP contribution in [0.25, 0.3) is 6.08 Å². The Morgan fingerprint density at radius 2 is 2.24 bits per heavy atom. The highest BCUT2D eigenvalue weighted by molar-refractivity contribution is 8.00. The first-order valence-corrected chi connectivity index (χ1v) is 10.1. The van der Waals surface area contributed by atoms with Crippen LogP contribution in [0.5, 0.6) is 0 Å². The average Bonchev–Trinajstić information content (AvgIpc) is 3.02. The SMILES string of the molecule is CSc1sc(C(=O)C(C#N)=CNc2ccccc2Cl)c2c1C=CCC2. The highest BCUT2D eigenvalue weighted by Gasteiger charge is 2.24. The highest BCUT2D eigenvalue weighted by atomic mass is 35.5. The van der Waals surface area contributed by atoms with Crippen LogP contribution in [0.2, 0.25) is 5.02 Å². The van der Waals surface area contributed by atoms with Gasteiger partial charge in [0, 0.05) is 11.8 Å². The van der Waals surface area contributed by atoms with Gasteiger partial charge in [0.05, 0.1) is 19.8 Å². The molecule has 1 aliphatic rings. The molecule has 2 aromatic rings. The second-order valence-corrected chi connectivity index (χ2v) is 7.88. The van der Waals surface area contributed by atoms with Crippen molar-refractivity contribution in [3.63, 3.8) is 0 Å². The van der Waals surface area contributed by atoms with E-state index < -0.39 is 0 Å². The predicted molar refractivity (Wildman–Crippen MR) is 107 cm³/mol. The molecular formula is C19H15ClN2OS2. The molecule has 3 nitrogen and oxygen atoms in total. The summed E-state index contributed by atoms with van der Waals surface area (Å²) in [5.74, 6) is -0.237. The summed E-state index contributed by atoms with van der Waals surface area (Å²) in [5, 5.41) is 12.9. The molecule has 1 aliphatic carbocycles. The molecule has 0 saturated heterocycles. The van der Waals surface area contributed by atoms with E-state index in [1.165, 1.54) is 17.5 Å². The van der Waals surface area contributed by atoms with Gasteiger partial charge in [0.1, 0.15) is 11.6 Å². The molecule has 0 spiro atoms. The number of rotatable bonds is 5. The number of allylic oxidation sites excluding steroid dienone is 2. The monoisotopic (exact) mass is 386 g/mol. The lowest BCUT2D eigenvalue weighted by Crippen LogP contribution is -2.06. The van der Waals surface area contributed by atoms with Gasteiger partial charge in [-0.3, -0.25) is 4.79 Å². The summed E-state index contributed by atoms with van der Waals surface area (Å²) in [6.45, 7) is 0. The van der Waals surface area contributed by atoms with Crippen molar-refractivity contribution in [2.24, 2.45) is 0 Å². The van der Waals surface area contributed by atoms with Crippen LogP contribution in [0.15, 0.2) is 46.3 Å². The summed E-state index contributed by atoms with van der Waals surface area (Å²) < 4.78 is 1.12. The second-order valence-electron chi connectivity index (χ2n) is 5.38. The molecule has 0 atom stereocenters. The largest absolute Gasteiger partial charge is 0.359 e. The number of nitriles is 1. The van der Waals surface area contributed by atoms with Gasteiger partial charge in [-0.05, 0) is 36.8 Å². The van der Waals surface area contributed by atoms with Crippen molar-refractivity contribution in [3.05, 3.63) is 63.1 Å². The van der Waals surface area contributed by atoms with Gasteiger partial charge in [-0.2, -0.15) is 5.26 Å². The first-order chi connectivity index (χ1) is 12.2. The maximum Gasteiger partial charge on any atom is 0.215 e. The molecule has 0 aliphatic heterocycles. The third kappa shape index (κ3) is 3.67. The Labute approximate surface area is 160 Å². The van der Waals surface area contributed by atoms with Crippen LogP contribution in [0.4, 0.5) is 5.69 Å². The quantitative estimate of drug-likeness (QED) is 0.306. The van der Waals surface area contributed by atoms with Crippen LogP contribution in [0.1, 0.15) is 27.2 Å². The van der Waals surface area contributed by atoms with Crippen molar-refractivity contribution in [3.8, 4) is 6.07 Å². The van der Waals surface area contributed by atoms with Crippen molar-refractivity contribution in [2.45, 2.75) is 17.1 Å². The smallest absolute Gasteiger partial charge is 0.215 e. The number of halogens is 1. The zero-order valence-electron chi connectivity index (χ0n) is 13.5. The van der Waals surface area contributed by atoms with Crippen LogP contribution in [0.3, 0.4) is 0 Å². The molecule has 3 rings (SSSR count). The number of fused-ring (bicyclic) bond motifs is 1. The van der Waals surface area contributed by atoms with Crippen molar-refractivity contribution >= 4 is 52.2 Å². The fraction of sp³-hybridized carbons (Fsp3) is 0.158. The number of hydrogen-bond acceptors (Lipinski definition) is 5. The average molecular weight is 387 g/mol. The fourth-order valence-corrected chi connectivity index (χ4v) is 4.84. The van der Waals surface area contributed by atoms with Crippen molar-refractivity contribution in [1.29, 1.82) is 5.26 Å². The number of benzene rings is 1. The lowest BCUT2D eigenvalue weighted by Gasteiger charge is -2.08. The zero-order chi connectivity index (χ0) is 17.8. The van der Waals surface area contributed by atoms with E-state index in [1.54, 1.807) is 23.9 Å². The molecule has 25 heavy (non-hydrogen) atoms.